The number of nitrogens with one attached hydrogen (secondary N) is 4. The average molecular weight is 575 g/mol. The van der Waals surface area contributed by atoms with Crippen molar-refractivity contribution in [3.8, 4) is 0 Å². The van der Waals surface area contributed by atoms with Crippen molar-refractivity contribution < 1.29 is 19.2 Å². The molecule has 1 aliphatic rings. The molecular weight excluding hydrogens is 545 g/mol. The molecule has 3 rings (SSSR count). The Hall–Kier alpha value is -2.86. The normalized spacial score (nSPS) is 14.5. The summed E-state index contributed by atoms with van der Waals surface area (Å²) in [6.45, 7) is 4.35. The van der Waals surface area contributed by atoms with E-state index in [1.165, 1.54) is 18.3 Å². The van der Waals surface area contributed by atoms with Crippen molar-refractivity contribution in [3.63, 3.8) is 0 Å². The van der Waals surface area contributed by atoms with Crippen LogP contribution in [0.4, 0.5) is 5.69 Å². The monoisotopic (exact) mass is 573 g/mol. The van der Waals surface area contributed by atoms with Crippen LogP contribution >= 0.6 is 35.6 Å². The number of H-pyrrole nitrogens is 1. The van der Waals surface area contributed by atoms with Crippen molar-refractivity contribution in [2.24, 2.45) is 11.7 Å². The van der Waals surface area contributed by atoms with Crippen LogP contribution in [0.5, 0.6) is 0 Å². The fraction of sp³-hybridized carbons (Fsp3) is 0.435. The van der Waals surface area contributed by atoms with Gasteiger partial charge in [0.05, 0.1) is 27.8 Å². The van der Waals surface area contributed by atoms with E-state index in [9.17, 15) is 19.2 Å². The van der Waals surface area contributed by atoms with Gasteiger partial charge in [-0.2, -0.15) is 5.10 Å². The van der Waals surface area contributed by atoms with Gasteiger partial charge in [0.1, 0.15) is 6.04 Å². The van der Waals surface area contributed by atoms with Crippen LogP contribution in [-0.2, 0) is 9.59 Å². The highest BCUT2D eigenvalue weighted by Crippen LogP contribution is 2.26. The lowest BCUT2D eigenvalue weighted by atomic mass is 9.99. The third kappa shape index (κ3) is 7.57. The molecule has 1 aliphatic heterocycles. The molecule has 0 radical (unpaired) electrons. The number of aromatic nitrogens is 2. The number of halogens is 3. The van der Waals surface area contributed by atoms with E-state index in [-0.39, 0.29) is 69.7 Å². The zero-order valence-electron chi connectivity index (χ0n) is 20.3. The molecule has 11 nitrogen and oxygen atoms in total. The van der Waals surface area contributed by atoms with Crippen LogP contribution in [0.2, 0.25) is 10.0 Å². The highest BCUT2D eigenvalue weighted by atomic mass is 35.5. The minimum absolute atomic E-state index is 0. The van der Waals surface area contributed by atoms with Gasteiger partial charge in [0.15, 0.2) is 5.69 Å². The Morgan fingerprint density at radius 2 is 1.76 bits per heavy atom. The van der Waals surface area contributed by atoms with Gasteiger partial charge in [-0.1, -0.05) is 43.1 Å². The molecule has 1 fully saturated rings. The largest absolute Gasteiger partial charge is 0.348 e. The second kappa shape index (κ2) is 13.6. The van der Waals surface area contributed by atoms with Crippen LogP contribution in [0.25, 0.3) is 0 Å². The van der Waals surface area contributed by atoms with Gasteiger partial charge in [0.2, 0.25) is 11.8 Å². The number of carbonyl (C=O) groups is 4. The molecule has 0 saturated carbocycles. The summed E-state index contributed by atoms with van der Waals surface area (Å²) in [6, 6.07) is 3.84. The van der Waals surface area contributed by atoms with Gasteiger partial charge in [0.25, 0.3) is 11.8 Å². The zero-order chi connectivity index (χ0) is 26.4. The Morgan fingerprint density at radius 1 is 1.14 bits per heavy atom. The minimum atomic E-state index is -0.658. The molecule has 37 heavy (non-hydrogen) atoms. The van der Waals surface area contributed by atoms with Gasteiger partial charge in [-0.05, 0) is 30.9 Å². The van der Waals surface area contributed by atoms with Gasteiger partial charge >= 0.3 is 0 Å². The van der Waals surface area contributed by atoms with E-state index < -0.39 is 17.9 Å². The number of nitrogens with two attached hydrogens (primary N) is 1. The fourth-order valence-electron chi connectivity index (χ4n) is 3.90. The molecule has 202 valence electrons. The second-order valence-electron chi connectivity index (χ2n) is 8.76. The molecule has 14 heteroatoms. The number of rotatable bonds is 8. The van der Waals surface area contributed by atoms with Crippen LogP contribution in [0.15, 0.2) is 24.4 Å². The number of carbonyl (C=O) groups excluding carboxylic acids is 4. The average Bonchev–Trinajstić information content (AvgIpc) is 3.30. The maximum absolute atomic E-state index is 12.9. The number of hydrogen-bond donors (Lipinski definition) is 5. The number of benzene rings is 1. The van der Waals surface area contributed by atoms with E-state index in [0.29, 0.717) is 25.9 Å². The highest BCUT2D eigenvalue weighted by Gasteiger charge is 2.32. The number of anilines is 1. The molecular formula is C23H30Cl3N7O4. The van der Waals surface area contributed by atoms with E-state index in [1.807, 2.05) is 13.8 Å². The van der Waals surface area contributed by atoms with Crippen LogP contribution in [-0.4, -0.2) is 70.4 Å². The summed E-state index contributed by atoms with van der Waals surface area (Å²) in [4.78, 5) is 51.9. The molecule has 1 aromatic heterocycles. The van der Waals surface area contributed by atoms with Crippen molar-refractivity contribution in [1.29, 1.82) is 0 Å². The summed E-state index contributed by atoms with van der Waals surface area (Å²) < 4.78 is 0. The quantitative estimate of drug-likeness (QED) is 0.325. The molecule has 0 aliphatic carbocycles. The van der Waals surface area contributed by atoms with Crippen molar-refractivity contribution in [2.45, 2.75) is 38.8 Å². The summed E-state index contributed by atoms with van der Waals surface area (Å²) in [5, 5.41) is 15.1. The van der Waals surface area contributed by atoms with Crippen LogP contribution in [0, 0.1) is 5.92 Å². The lowest BCUT2D eigenvalue weighted by molar-refractivity contribution is -0.138. The number of amides is 4. The Balaban J connectivity index is 0.00000481. The van der Waals surface area contributed by atoms with Crippen molar-refractivity contribution in [3.05, 3.63) is 45.7 Å². The third-order valence-corrected chi connectivity index (χ3v) is 6.50. The minimum Gasteiger partial charge on any atom is -0.348 e. The van der Waals surface area contributed by atoms with E-state index >= 15 is 0 Å². The third-order valence-electron chi connectivity index (χ3n) is 5.87. The van der Waals surface area contributed by atoms with Crippen LogP contribution in [0.1, 0.15) is 47.5 Å². The van der Waals surface area contributed by atoms with Crippen molar-refractivity contribution in [2.75, 3.05) is 25.0 Å². The Morgan fingerprint density at radius 3 is 2.32 bits per heavy atom. The van der Waals surface area contributed by atoms with Crippen molar-refractivity contribution >= 4 is 64.9 Å². The Labute approximate surface area is 230 Å². The standard InChI is InChI=1S/C23H29Cl2N7O4.ClH/c1-12(2)19(30-17(33)10-26)23(36)32-8-6-13(7-9-32)28-22(35)20-16(11-27-31-20)29-21(34)18-14(24)4-3-5-15(18)25;/h3-5,11-13,19H,6-10,26H2,1-2H3,(H,27,31)(H,28,35)(H,29,34)(H,30,33);1H/t19-;/m0./s1. The molecule has 1 aromatic carbocycles. The lowest BCUT2D eigenvalue weighted by Gasteiger charge is -2.35. The summed E-state index contributed by atoms with van der Waals surface area (Å²) in [5.74, 6) is -1.71. The van der Waals surface area contributed by atoms with Crippen molar-refractivity contribution in [1.82, 2.24) is 25.7 Å². The topological polar surface area (TPSA) is 162 Å². The molecule has 2 aromatic rings. The SMILES string of the molecule is CC(C)[C@H](NC(=O)CN)C(=O)N1CCC(NC(=O)c2n[nH]cc2NC(=O)c2c(Cl)cccc2Cl)CC1.Cl. The van der Waals surface area contributed by atoms with E-state index in [2.05, 4.69) is 26.1 Å². The second-order valence-corrected chi connectivity index (χ2v) is 9.58. The lowest BCUT2D eigenvalue weighted by Crippen LogP contribution is -2.55. The summed E-state index contributed by atoms with van der Waals surface area (Å²) >= 11 is 12.2. The van der Waals surface area contributed by atoms with Gasteiger partial charge in [-0.25, -0.2) is 0 Å². The fourth-order valence-corrected chi connectivity index (χ4v) is 4.47. The maximum Gasteiger partial charge on any atom is 0.274 e. The molecule has 2 heterocycles. The van der Waals surface area contributed by atoms with E-state index in [0.717, 1.165) is 0 Å². The van der Waals surface area contributed by atoms with E-state index in [1.54, 1.807) is 11.0 Å². The predicted molar refractivity (Wildman–Crippen MR) is 143 cm³/mol. The first-order valence-electron chi connectivity index (χ1n) is 11.5. The summed E-state index contributed by atoms with van der Waals surface area (Å²) in [7, 11) is 0. The van der Waals surface area contributed by atoms with Crippen LogP contribution in [0.3, 0.4) is 0 Å². The number of piperidine rings is 1. The zero-order valence-corrected chi connectivity index (χ0v) is 22.7. The predicted octanol–water partition coefficient (Wildman–Crippen LogP) is 2.21. The first-order valence-corrected chi connectivity index (χ1v) is 12.3. The smallest absolute Gasteiger partial charge is 0.274 e. The van der Waals surface area contributed by atoms with Gasteiger partial charge in [-0.3, -0.25) is 24.3 Å². The molecule has 1 atom stereocenters. The highest BCUT2D eigenvalue weighted by molar-refractivity contribution is 6.40. The summed E-state index contributed by atoms with van der Waals surface area (Å²) in [5.41, 5.74) is 5.64. The van der Waals surface area contributed by atoms with Gasteiger partial charge in [-0.15, -0.1) is 12.4 Å². The van der Waals surface area contributed by atoms with Gasteiger partial charge in [0, 0.05) is 25.3 Å². The van der Waals surface area contributed by atoms with E-state index in [4.69, 9.17) is 28.9 Å². The maximum atomic E-state index is 12.9. The Kier molecular flexibility index (Phi) is 11.2. The number of hydrogen-bond acceptors (Lipinski definition) is 6. The number of aromatic amines is 1. The number of likely N-dealkylation sites (tertiary alicyclic amines) is 1. The first kappa shape index (κ1) is 30.4. The van der Waals surface area contributed by atoms with Crippen LogP contribution < -0.4 is 21.7 Å². The molecule has 1 saturated heterocycles. The summed E-state index contributed by atoms with van der Waals surface area (Å²) in [6.07, 6.45) is 2.43. The molecule has 4 amide bonds. The molecule has 0 bridgehead atoms. The number of nitrogens with zero attached hydrogens (tertiary/aromatic N) is 2. The van der Waals surface area contributed by atoms with Gasteiger partial charge < -0.3 is 26.6 Å². The first-order chi connectivity index (χ1) is 17.1. The molecule has 0 unspecified atom stereocenters. The molecule has 6 N–H and O–H groups in total. The molecule has 0 spiro atoms. The Bertz CT molecular complexity index is 1110.